The molecule has 0 N–H and O–H groups in total. The van der Waals surface area contributed by atoms with Gasteiger partial charge in [0.2, 0.25) is 0 Å². The van der Waals surface area contributed by atoms with Crippen LogP contribution in [0, 0.1) is 5.82 Å². The molecule has 17 heavy (non-hydrogen) atoms. The van der Waals surface area contributed by atoms with Crippen molar-refractivity contribution in [2.24, 2.45) is 0 Å². The summed E-state index contributed by atoms with van der Waals surface area (Å²) in [4.78, 5) is 2.13. The van der Waals surface area contributed by atoms with Gasteiger partial charge in [0, 0.05) is 36.3 Å². The molecule has 4 heteroatoms. The summed E-state index contributed by atoms with van der Waals surface area (Å²) in [7, 11) is 0. The van der Waals surface area contributed by atoms with E-state index in [1.165, 1.54) is 6.07 Å². The summed E-state index contributed by atoms with van der Waals surface area (Å²) < 4.78 is 19.0. The summed E-state index contributed by atoms with van der Waals surface area (Å²) in [6.07, 6.45) is 0. The Kier molecular flexibility index (Phi) is 6.52. The predicted molar refractivity (Wildman–Crippen MR) is 73.4 cm³/mol. The third-order valence-corrected chi connectivity index (χ3v) is 3.22. The molecule has 0 spiro atoms. The Bertz CT molecular complexity index is 346. The van der Waals surface area contributed by atoms with Crippen molar-refractivity contribution in [2.45, 2.75) is 19.2 Å². The number of alkyl halides is 1. The standard InChI is InChI=1S/C13H19BrFNO/c1-3-16(8-9-17-4-2)13-7-5-6-12(15)11(13)10-14/h5-7H,3-4,8-10H2,1-2H3. The quantitative estimate of drug-likeness (QED) is 0.564. The summed E-state index contributed by atoms with van der Waals surface area (Å²) in [5.41, 5.74) is 1.66. The van der Waals surface area contributed by atoms with Crippen molar-refractivity contribution >= 4 is 21.6 Å². The maximum Gasteiger partial charge on any atom is 0.129 e. The van der Waals surface area contributed by atoms with Gasteiger partial charge in [-0.3, -0.25) is 0 Å². The van der Waals surface area contributed by atoms with Gasteiger partial charge in [-0.25, -0.2) is 4.39 Å². The minimum Gasteiger partial charge on any atom is -0.380 e. The Morgan fingerprint density at radius 3 is 2.71 bits per heavy atom. The van der Waals surface area contributed by atoms with E-state index in [4.69, 9.17) is 4.74 Å². The van der Waals surface area contributed by atoms with E-state index in [2.05, 4.69) is 27.8 Å². The third-order valence-electron chi connectivity index (χ3n) is 2.66. The molecule has 1 aromatic carbocycles. The summed E-state index contributed by atoms with van der Waals surface area (Å²) in [5, 5.41) is 0.528. The van der Waals surface area contributed by atoms with Crippen molar-refractivity contribution < 1.29 is 9.13 Å². The third kappa shape index (κ3) is 3.96. The number of nitrogens with zero attached hydrogens (tertiary/aromatic N) is 1. The molecule has 0 amide bonds. The second-order valence-electron chi connectivity index (χ2n) is 3.65. The van der Waals surface area contributed by atoms with E-state index in [9.17, 15) is 4.39 Å². The molecule has 0 aromatic heterocycles. The monoisotopic (exact) mass is 303 g/mol. The fraction of sp³-hybridized carbons (Fsp3) is 0.538. The Morgan fingerprint density at radius 2 is 2.12 bits per heavy atom. The SMILES string of the molecule is CCOCCN(CC)c1cccc(F)c1CBr. The largest absolute Gasteiger partial charge is 0.380 e. The molecule has 0 heterocycles. The first-order valence-corrected chi connectivity index (χ1v) is 7.02. The first-order valence-electron chi connectivity index (χ1n) is 5.90. The second-order valence-corrected chi connectivity index (χ2v) is 4.21. The summed E-state index contributed by atoms with van der Waals surface area (Å²) in [6, 6.07) is 5.20. The molecule has 0 aliphatic heterocycles. The molecule has 0 atom stereocenters. The first-order chi connectivity index (χ1) is 8.24. The minimum absolute atomic E-state index is 0.158. The maximum atomic E-state index is 13.6. The highest BCUT2D eigenvalue weighted by Gasteiger charge is 2.12. The van der Waals surface area contributed by atoms with Gasteiger partial charge in [0.25, 0.3) is 0 Å². The lowest BCUT2D eigenvalue weighted by Crippen LogP contribution is -2.28. The van der Waals surface area contributed by atoms with Crippen LogP contribution >= 0.6 is 15.9 Å². The van der Waals surface area contributed by atoms with E-state index in [1.54, 1.807) is 6.07 Å². The summed E-state index contributed by atoms with van der Waals surface area (Å²) in [5.74, 6) is -0.158. The minimum atomic E-state index is -0.158. The number of benzene rings is 1. The summed E-state index contributed by atoms with van der Waals surface area (Å²) >= 11 is 3.34. The average molecular weight is 304 g/mol. The predicted octanol–water partition coefficient (Wildman–Crippen LogP) is 3.58. The molecule has 0 fully saturated rings. The molecule has 2 nitrogen and oxygen atoms in total. The molecule has 0 bridgehead atoms. The molecule has 0 saturated heterocycles. The number of likely N-dealkylation sites (N-methyl/N-ethyl adjacent to an activating group) is 1. The molecular formula is C13H19BrFNO. The fourth-order valence-corrected chi connectivity index (χ4v) is 2.30. The number of hydrogen-bond acceptors (Lipinski definition) is 2. The lowest BCUT2D eigenvalue weighted by molar-refractivity contribution is 0.154. The number of hydrogen-bond donors (Lipinski definition) is 0. The zero-order valence-electron chi connectivity index (χ0n) is 10.4. The highest BCUT2D eigenvalue weighted by molar-refractivity contribution is 9.08. The van der Waals surface area contributed by atoms with Crippen molar-refractivity contribution in [1.29, 1.82) is 0 Å². The molecule has 0 aliphatic rings. The van der Waals surface area contributed by atoms with E-state index in [-0.39, 0.29) is 5.82 Å². The van der Waals surface area contributed by atoms with Gasteiger partial charge in [-0.15, -0.1) is 0 Å². The molecule has 96 valence electrons. The van der Waals surface area contributed by atoms with Crippen molar-refractivity contribution in [2.75, 3.05) is 31.2 Å². The lowest BCUT2D eigenvalue weighted by atomic mass is 10.1. The number of ether oxygens (including phenoxy) is 1. The van der Waals surface area contributed by atoms with E-state index in [1.807, 2.05) is 13.0 Å². The van der Waals surface area contributed by atoms with Crippen LogP contribution < -0.4 is 4.90 Å². The van der Waals surface area contributed by atoms with Crippen molar-refractivity contribution in [3.05, 3.63) is 29.6 Å². The Hall–Kier alpha value is -0.610. The zero-order chi connectivity index (χ0) is 12.7. The van der Waals surface area contributed by atoms with Crippen LogP contribution in [0.5, 0.6) is 0 Å². The molecule has 0 radical (unpaired) electrons. The van der Waals surface area contributed by atoms with Crippen molar-refractivity contribution in [3.63, 3.8) is 0 Å². The topological polar surface area (TPSA) is 12.5 Å². The highest BCUT2D eigenvalue weighted by atomic mass is 79.9. The van der Waals surface area contributed by atoms with Crippen molar-refractivity contribution in [3.8, 4) is 0 Å². The number of halogens is 2. The Labute approximate surface area is 111 Å². The highest BCUT2D eigenvalue weighted by Crippen LogP contribution is 2.25. The number of rotatable bonds is 7. The molecule has 1 rings (SSSR count). The van der Waals surface area contributed by atoms with Crippen LogP contribution in [-0.4, -0.2) is 26.3 Å². The molecule has 0 saturated carbocycles. The Morgan fingerprint density at radius 1 is 1.35 bits per heavy atom. The van der Waals surface area contributed by atoms with E-state index >= 15 is 0 Å². The van der Waals surface area contributed by atoms with Crippen LogP contribution in [0.1, 0.15) is 19.4 Å². The number of anilines is 1. The van der Waals surface area contributed by atoms with Crippen molar-refractivity contribution in [1.82, 2.24) is 0 Å². The molecule has 0 aliphatic carbocycles. The van der Waals surface area contributed by atoms with Gasteiger partial charge in [0.05, 0.1) is 6.61 Å². The van der Waals surface area contributed by atoms with E-state index in [0.717, 1.165) is 18.8 Å². The molecular weight excluding hydrogens is 285 g/mol. The van der Waals surface area contributed by atoms with Crippen LogP contribution in [0.2, 0.25) is 0 Å². The lowest BCUT2D eigenvalue weighted by Gasteiger charge is -2.25. The van der Waals surface area contributed by atoms with E-state index in [0.29, 0.717) is 24.1 Å². The van der Waals surface area contributed by atoms with Crippen LogP contribution in [-0.2, 0) is 10.1 Å². The van der Waals surface area contributed by atoms with E-state index < -0.39 is 0 Å². The van der Waals surface area contributed by atoms with Crippen LogP contribution in [0.3, 0.4) is 0 Å². The maximum absolute atomic E-state index is 13.6. The zero-order valence-corrected chi connectivity index (χ0v) is 12.0. The Balaban J connectivity index is 2.83. The van der Waals surface area contributed by atoms with Gasteiger partial charge < -0.3 is 9.64 Å². The van der Waals surface area contributed by atoms with Crippen LogP contribution in [0.4, 0.5) is 10.1 Å². The van der Waals surface area contributed by atoms with Gasteiger partial charge in [0.15, 0.2) is 0 Å². The van der Waals surface area contributed by atoms with Gasteiger partial charge >= 0.3 is 0 Å². The smallest absolute Gasteiger partial charge is 0.129 e. The molecule has 1 aromatic rings. The normalized spacial score (nSPS) is 10.6. The van der Waals surface area contributed by atoms with Crippen LogP contribution in [0.15, 0.2) is 18.2 Å². The summed E-state index contributed by atoms with van der Waals surface area (Å²) in [6.45, 7) is 7.05. The van der Waals surface area contributed by atoms with Gasteiger partial charge in [-0.2, -0.15) is 0 Å². The molecule has 0 unspecified atom stereocenters. The average Bonchev–Trinajstić information content (AvgIpc) is 2.34. The van der Waals surface area contributed by atoms with Gasteiger partial charge in [-0.05, 0) is 26.0 Å². The van der Waals surface area contributed by atoms with Gasteiger partial charge in [-0.1, -0.05) is 22.0 Å². The fourth-order valence-electron chi connectivity index (χ4n) is 1.74. The first kappa shape index (κ1) is 14.5. The van der Waals surface area contributed by atoms with Gasteiger partial charge in [0.1, 0.15) is 5.82 Å². The van der Waals surface area contributed by atoms with Crippen LogP contribution in [0.25, 0.3) is 0 Å². The second kappa shape index (κ2) is 7.67.